The minimum Gasteiger partial charge on any atom is -0.381 e. The molecule has 5 heteroatoms. The highest BCUT2D eigenvalue weighted by molar-refractivity contribution is 7.18. The number of aryl methyl sites for hydroxylation is 2. The fourth-order valence-corrected chi connectivity index (χ4v) is 3.77. The van der Waals surface area contributed by atoms with Crippen LogP contribution in [0.5, 0.6) is 0 Å². The van der Waals surface area contributed by atoms with Gasteiger partial charge in [0.1, 0.15) is 15.8 Å². The van der Waals surface area contributed by atoms with Crippen LogP contribution in [0.4, 0.5) is 0 Å². The molecule has 1 atom stereocenters. The lowest BCUT2D eigenvalue weighted by atomic mass is 10.0. The van der Waals surface area contributed by atoms with Crippen molar-refractivity contribution in [2.45, 2.75) is 26.7 Å². The molecule has 0 spiro atoms. The second kappa shape index (κ2) is 4.76. The molecule has 18 heavy (non-hydrogen) atoms. The first-order valence-corrected chi connectivity index (χ1v) is 7.34. The smallest absolute Gasteiger partial charge is 0.141 e. The first kappa shape index (κ1) is 12.3. The van der Waals surface area contributed by atoms with Crippen molar-refractivity contribution in [3.8, 4) is 0 Å². The highest BCUT2D eigenvalue weighted by Gasteiger charge is 2.19. The summed E-state index contributed by atoms with van der Waals surface area (Å²) in [6, 6.07) is 0. The maximum Gasteiger partial charge on any atom is 0.141 e. The quantitative estimate of drug-likeness (QED) is 0.790. The number of fused-ring (bicyclic) bond motifs is 1. The molecule has 3 heterocycles. The van der Waals surface area contributed by atoms with Crippen molar-refractivity contribution in [3.63, 3.8) is 0 Å². The van der Waals surface area contributed by atoms with Crippen LogP contribution < -0.4 is 0 Å². The molecule has 0 N–H and O–H groups in total. The molecule has 0 bridgehead atoms. The lowest BCUT2D eigenvalue weighted by Gasteiger charge is -2.06. The lowest BCUT2D eigenvalue weighted by molar-refractivity contribution is 0.185. The number of thiophene rings is 1. The van der Waals surface area contributed by atoms with Crippen molar-refractivity contribution in [3.05, 3.63) is 21.4 Å². The Morgan fingerprint density at radius 2 is 2.22 bits per heavy atom. The third-order valence-electron chi connectivity index (χ3n) is 3.53. The molecule has 1 unspecified atom stereocenters. The van der Waals surface area contributed by atoms with Crippen LogP contribution in [0, 0.1) is 19.8 Å². The van der Waals surface area contributed by atoms with Gasteiger partial charge in [0.15, 0.2) is 0 Å². The largest absolute Gasteiger partial charge is 0.381 e. The van der Waals surface area contributed by atoms with Crippen LogP contribution in [0.2, 0.25) is 5.15 Å². The van der Waals surface area contributed by atoms with E-state index in [-0.39, 0.29) is 0 Å². The topological polar surface area (TPSA) is 35.0 Å². The predicted molar refractivity (Wildman–Crippen MR) is 74.5 cm³/mol. The standard InChI is InChI=1S/C13H15ClN2OS/c1-7-8(2)18-13-11(7)12(14)15-10(16-13)5-9-3-4-17-6-9/h9H,3-6H2,1-2H3. The van der Waals surface area contributed by atoms with Crippen molar-refractivity contribution in [1.29, 1.82) is 0 Å². The van der Waals surface area contributed by atoms with E-state index in [1.165, 1.54) is 10.4 Å². The maximum absolute atomic E-state index is 6.29. The molecule has 3 nitrogen and oxygen atoms in total. The van der Waals surface area contributed by atoms with E-state index in [2.05, 4.69) is 23.8 Å². The Kier molecular flexibility index (Phi) is 3.26. The summed E-state index contributed by atoms with van der Waals surface area (Å²) in [7, 11) is 0. The molecule has 1 fully saturated rings. The molecule has 1 saturated heterocycles. The molecule has 0 aromatic carbocycles. The van der Waals surface area contributed by atoms with Crippen LogP contribution in [-0.2, 0) is 11.2 Å². The molecule has 3 rings (SSSR count). The summed E-state index contributed by atoms with van der Waals surface area (Å²) in [5.41, 5.74) is 1.20. The van der Waals surface area contributed by atoms with Gasteiger partial charge >= 0.3 is 0 Å². The highest BCUT2D eigenvalue weighted by atomic mass is 35.5. The summed E-state index contributed by atoms with van der Waals surface area (Å²) in [5.74, 6) is 1.39. The number of ether oxygens (including phenoxy) is 1. The fourth-order valence-electron chi connectivity index (χ4n) is 2.34. The summed E-state index contributed by atoms with van der Waals surface area (Å²) in [6.45, 7) is 5.86. The third-order valence-corrected chi connectivity index (χ3v) is 4.90. The Labute approximate surface area is 115 Å². The van der Waals surface area contributed by atoms with Crippen LogP contribution in [0.3, 0.4) is 0 Å². The Hall–Kier alpha value is -0.710. The normalized spacial score (nSPS) is 19.8. The number of rotatable bonds is 2. The Bertz CT molecular complexity index is 590. The van der Waals surface area contributed by atoms with Crippen LogP contribution in [0.1, 0.15) is 22.7 Å². The van der Waals surface area contributed by atoms with Gasteiger partial charge in [-0.15, -0.1) is 11.3 Å². The van der Waals surface area contributed by atoms with E-state index in [9.17, 15) is 0 Å². The number of halogens is 1. The molecule has 1 aliphatic heterocycles. The number of aromatic nitrogens is 2. The maximum atomic E-state index is 6.29. The van der Waals surface area contributed by atoms with Crippen molar-refractivity contribution < 1.29 is 4.74 Å². The van der Waals surface area contributed by atoms with E-state index in [0.717, 1.165) is 42.1 Å². The lowest BCUT2D eigenvalue weighted by Crippen LogP contribution is -2.07. The van der Waals surface area contributed by atoms with Gasteiger partial charge in [0, 0.05) is 24.5 Å². The Balaban J connectivity index is 1.99. The van der Waals surface area contributed by atoms with Gasteiger partial charge in [-0.25, -0.2) is 9.97 Å². The monoisotopic (exact) mass is 282 g/mol. The number of nitrogens with zero attached hydrogens (tertiary/aromatic N) is 2. The van der Waals surface area contributed by atoms with E-state index in [1.807, 2.05) is 0 Å². The molecule has 2 aromatic rings. The van der Waals surface area contributed by atoms with Gasteiger partial charge in [-0.05, 0) is 31.7 Å². The third kappa shape index (κ3) is 2.13. The van der Waals surface area contributed by atoms with Crippen molar-refractivity contribution in [1.82, 2.24) is 9.97 Å². The molecule has 2 aromatic heterocycles. The summed E-state index contributed by atoms with van der Waals surface area (Å²) >= 11 is 7.99. The van der Waals surface area contributed by atoms with Gasteiger partial charge in [0.05, 0.1) is 5.39 Å². The number of hydrogen-bond donors (Lipinski definition) is 0. The molecule has 0 saturated carbocycles. The first-order chi connectivity index (χ1) is 8.65. The zero-order chi connectivity index (χ0) is 12.7. The Morgan fingerprint density at radius 3 is 2.94 bits per heavy atom. The molecule has 1 aliphatic rings. The van der Waals surface area contributed by atoms with Crippen molar-refractivity contribution in [2.75, 3.05) is 13.2 Å². The zero-order valence-electron chi connectivity index (χ0n) is 10.5. The van der Waals surface area contributed by atoms with Crippen LogP contribution in [-0.4, -0.2) is 23.2 Å². The zero-order valence-corrected chi connectivity index (χ0v) is 12.1. The van der Waals surface area contributed by atoms with Gasteiger partial charge in [-0.2, -0.15) is 0 Å². The minimum absolute atomic E-state index is 0.542. The van der Waals surface area contributed by atoms with Crippen LogP contribution in [0.15, 0.2) is 0 Å². The molecule has 0 radical (unpaired) electrons. The summed E-state index contributed by atoms with van der Waals surface area (Å²) in [4.78, 5) is 11.4. The van der Waals surface area contributed by atoms with E-state index in [0.29, 0.717) is 11.1 Å². The Morgan fingerprint density at radius 1 is 1.39 bits per heavy atom. The van der Waals surface area contributed by atoms with Gasteiger partial charge in [-0.3, -0.25) is 0 Å². The van der Waals surface area contributed by atoms with Crippen molar-refractivity contribution in [2.24, 2.45) is 5.92 Å². The van der Waals surface area contributed by atoms with Crippen molar-refractivity contribution >= 4 is 33.2 Å². The van der Waals surface area contributed by atoms with Gasteiger partial charge in [0.25, 0.3) is 0 Å². The van der Waals surface area contributed by atoms with E-state index in [1.54, 1.807) is 11.3 Å². The van der Waals surface area contributed by atoms with Crippen LogP contribution in [0.25, 0.3) is 10.2 Å². The fraction of sp³-hybridized carbons (Fsp3) is 0.538. The van der Waals surface area contributed by atoms with E-state index in [4.69, 9.17) is 16.3 Å². The van der Waals surface area contributed by atoms with Gasteiger partial charge in [0.2, 0.25) is 0 Å². The molecule has 0 amide bonds. The average molecular weight is 283 g/mol. The minimum atomic E-state index is 0.542. The second-order valence-electron chi connectivity index (χ2n) is 4.83. The van der Waals surface area contributed by atoms with Crippen LogP contribution >= 0.6 is 22.9 Å². The van der Waals surface area contributed by atoms with E-state index >= 15 is 0 Å². The SMILES string of the molecule is Cc1sc2nc(CC3CCOC3)nc(Cl)c2c1C. The molecular formula is C13H15ClN2OS. The van der Waals surface area contributed by atoms with Gasteiger partial charge in [-0.1, -0.05) is 11.6 Å². The number of hydrogen-bond acceptors (Lipinski definition) is 4. The molecular weight excluding hydrogens is 268 g/mol. The predicted octanol–water partition coefficient (Wildman–Crippen LogP) is 3.54. The highest BCUT2D eigenvalue weighted by Crippen LogP contribution is 2.33. The summed E-state index contributed by atoms with van der Waals surface area (Å²) in [5, 5.41) is 1.61. The van der Waals surface area contributed by atoms with E-state index < -0.39 is 0 Å². The second-order valence-corrected chi connectivity index (χ2v) is 6.39. The summed E-state index contributed by atoms with van der Waals surface area (Å²) < 4.78 is 5.38. The average Bonchev–Trinajstić information content (AvgIpc) is 2.89. The summed E-state index contributed by atoms with van der Waals surface area (Å²) in [6.07, 6.45) is 1.97. The molecule has 96 valence electrons. The van der Waals surface area contributed by atoms with Gasteiger partial charge < -0.3 is 4.74 Å². The first-order valence-electron chi connectivity index (χ1n) is 6.15. The molecule has 0 aliphatic carbocycles.